The third-order valence-corrected chi connectivity index (χ3v) is 10.5. The first kappa shape index (κ1) is 20.7. The summed E-state index contributed by atoms with van der Waals surface area (Å²) < 4.78 is 0. The zero-order valence-corrected chi connectivity index (χ0v) is 18.5. The van der Waals surface area contributed by atoms with Crippen LogP contribution in [-0.2, 0) is 4.79 Å². The number of fused-ring (bicyclic) bond motifs is 5. The van der Waals surface area contributed by atoms with E-state index in [9.17, 15) is 9.90 Å². The first-order valence-corrected chi connectivity index (χ1v) is 12.0. The maximum atomic E-state index is 11.1. The van der Waals surface area contributed by atoms with Crippen molar-refractivity contribution in [1.82, 2.24) is 0 Å². The second-order valence-corrected chi connectivity index (χ2v) is 12.0. The Morgan fingerprint density at radius 3 is 2.39 bits per heavy atom. The average Bonchev–Trinajstić information content (AvgIpc) is 2.97. The van der Waals surface area contributed by atoms with Gasteiger partial charge in [-0.15, -0.1) is 0 Å². The molecule has 4 aliphatic carbocycles. The summed E-state index contributed by atoms with van der Waals surface area (Å²) in [5.41, 5.74) is 0.403. The lowest BCUT2D eigenvalue weighted by Gasteiger charge is -2.62. The van der Waals surface area contributed by atoms with Crippen LogP contribution in [0.25, 0.3) is 0 Å². The number of aliphatic hydroxyl groups is 1. The molecular formula is C25H42O3. The molecule has 4 aliphatic rings. The molecule has 3 nitrogen and oxygen atoms in total. The van der Waals surface area contributed by atoms with Crippen LogP contribution in [0.4, 0.5) is 0 Å². The van der Waals surface area contributed by atoms with Gasteiger partial charge in [0.15, 0.2) is 0 Å². The van der Waals surface area contributed by atoms with E-state index in [1.165, 1.54) is 44.9 Å². The summed E-state index contributed by atoms with van der Waals surface area (Å²) >= 11 is 0. The van der Waals surface area contributed by atoms with E-state index >= 15 is 0 Å². The van der Waals surface area contributed by atoms with Crippen molar-refractivity contribution in [2.24, 2.45) is 46.3 Å². The van der Waals surface area contributed by atoms with Crippen LogP contribution in [0, 0.1) is 46.3 Å². The van der Waals surface area contributed by atoms with E-state index in [4.69, 9.17) is 5.11 Å². The van der Waals surface area contributed by atoms with Crippen molar-refractivity contribution < 1.29 is 15.0 Å². The van der Waals surface area contributed by atoms with Crippen LogP contribution in [0.3, 0.4) is 0 Å². The molecule has 0 heterocycles. The minimum absolute atomic E-state index is 0.324. The van der Waals surface area contributed by atoms with E-state index in [-0.39, 0.29) is 0 Å². The lowest BCUT2D eigenvalue weighted by molar-refractivity contribution is -0.148. The number of rotatable bonds is 4. The number of aliphatic carboxylic acids is 1. The van der Waals surface area contributed by atoms with Gasteiger partial charge in [-0.25, -0.2) is 0 Å². The summed E-state index contributed by atoms with van der Waals surface area (Å²) in [5, 5.41) is 19.8. The lowest BCUT2D eigenvalue weighted by atomic mass is 9.43. The molecule has 0 aromatic heterocycles. The summed E-state index contributed by atoms with van der Waals surface area (Å²) in [7, 11) is 0. The van der Waals surface area contributed by atoms with E-state index in [0.717, 1.165) is 37.0 Å². The Morgan fingerprint density at radius 2 is 1.68 bits per heavy atom. The van der Waals surface area contributed by atoms with Crippen molar-refractivity contribution in [1.29, 1.82) is 0 Å². The quantitative estimate of drug-likeness (QED) is 0.628. The van der Waals surface area contributed by atoms with Crippen LogP contribution in [-0.4, -0.2) is 21.8 Å². The molecular weight excluding hydrogens is 348 g/mol. The Morgan fingerprint density at radius 1 is 0.964 bits per heavy atom. The Hall–Kier alpha value is -0.570. The highest BCUT2D eigenvalue weighted by Gasteiger charge is 2.61. The van der Waals surface area contributed by atoms with Crippen molar-refractivity contribution in [2.45, 2.75) is 104 Å². The van der Waals surface area contributed by atoms with E-state index in [2.05, 4.69) is 27.7 Å². The molecule has 4 rings (SSSR count). The predicted molar refractivity (Wildman–Crippen MR) is 112 cm³/mol. The van der Waals surface area contributed by atoms with Crippen molar-refractivity contribution in [3.63, 3.8) is 0 Å². The van der Waals surface area contributed by atoms with Crippen molar-refractivity contribution in [3.05, 3.63) is 0 Å². The highest BCUT2D eigenvalue weighted by Crippen LogP contribution is 2.68. The second kappa shape index (κ2) is 7.00. The molecule has 0 bridgehead atoms. The van der Waals surface area contributed by atoms with Crippen LogP contribution in [0.15, 0.2) is 0 Å². The summed E-state index contributed by atoms with van der Waals surface area (Å²) in [5.74, 6) is 3.83. The molecule has 0 aromatic rings. The summed E-state index contributed by atoms with van der Waals surface area (Å²) in [6.07, 6.45) is 12.4. The molecule has 0 saturated heterocycles. The van der Waals surface area contributed by atoms with Gasteiger partial charge in [-0.3, -0.25) is 4.79 Å². The highest BCUT2D eigenvalue weighted by molar-refractivity contribution is 5.66. The minimum Gasteiger partial charge on any atom is -0.481 e. The lowest BCUT2D eigenvalue weighted by Crippen LogP contribution is -2.55. The van der Waals surface area contributed by atoms with Gasteiger partial charge in [-0.05, 0) is 117 Å². The molecule has 0 amide bonds. The molecule has 28 heavy (non-hydrogen) atoms. The number of carboxylic acids is 1. The molecule has 9 atom stereocenters. The fourth-order valence-corrected chi connectivity index (χ4v) is 8.96. The van der Waals surface area contributed by atoms with E-state index in [0.29, 0.717) is 35.0 Å². The van der Waals surface area contributed by atoms with Crippen LogP contribution in [0.5, 0.6) is 0 Å². The van der Waals surface area contributed by atoms with Crippen molar-refractivity contribution >= 4 is 5.97 Å². The van der Waals surface area contributed by atoms with Crippen LogP contribution in [0.1, 0.15) is 98.3 Å². The van der Waals surface area contributed by atoms with Crippen LogP contribution in [0.2, 0.25) is 0 Å². The number of hydrogen-bond acceptors (Lipinski definition) is 2. The number of carbonyl (C=O) groups is 1. The molecule has 0 aromatic carbocycles. The zero-order valence-electron chi connectivity index (χ0n) is 18.5. The molecule has 0 spiro atoms. The first-order valence-electron chi connectivity index (χ1n) is 12.0. The minimum atomic E-state index is -0.644. The molecule has 0 radical (unpaired) electrons. The maximum absolute atomic E-state index is 11.1. The predicted octanol–water partition coefficient (Wildman–Crippen LogP) is 5.90. The van der Waals surface area contributed by atoms with Crippen molar-refractivity contribution in [3.8, 4) is 0 Å². The fraction of sp³-hybridized carbons (Fsp3) is 0.960. The zero-order chi connectivity index (χ0) is 20.3. The fourth-order valence-electron chi connectivity index (χ4n) is 8.96. The molecule has 0 aliphatic heterocycles. The number of hydrogen-bond donors (Lipinski definition) is 2. The van der Waals surface area contributed by atoms with Gasteiger partial charge in [0.2, 0.25) is 0 Å². The van der Waals surface area contributed by atoms with Gasteiger partial charge < -0.3 is 10.2 Å². The molecule has 3 heteroatoms. The van der Waals surface area contributed by atoms with Crippen LogP contribution >= 0.6 is 0 Å². The Labute approximate surface area is 171 Å². The van der Waals surface area contributed by atoms with Gasteiger partial charge >= 0.3 is 5.97 Å². The summed E-state index contributed by atoms with van der Waals surface area (Å²) in [4.78, 5) is 11.1. The normalized spacial score (nSPS) is 51.7. The molecule has 4 saturated carbocycles. The monoisotopic (exact) mass is 390 g/mol. The smallest absolute Gasteiger partial charge is 0.303 e. The van der Waals surface area contributed by atoms with Gasteiger partial charge in [-0.1, -0.05) is 20.8 Å². The van der Waals surface area contributed by atoms with Gasteiger partial charge in [0.05, 0.1) is 5.60 Å². The van der Waals surface area contributed by atoms with Gasteiger partial charge in [0, 0.05) is 6.42 Å². The van der Waals surface area contributed by atoms with Gasteiger partial charge in [0.25, 0.3) is 0 Å². The Bertz CT molecular complexity index is 613. The topological polar surface area (TPSA) is 57.5 Å². The molecule has 0 unspecified atom stereocenters. The first-order chi connectivity index (χ1) is 13.1. The largest absolute Gasteiger partial charge is 0.481 e. The van der Waals surface area contributed by atoms with E-state index in [1.807, 2.05) is 0 Å². The summed E-state index contributed by atoms with van der Waals surface area (Å²) in [6, 6.07) is 0. The third-order valence-electron chi connectivity index (χ3n) is 10.5. The Kier molecular flexibility index (Phi) is 5.17. The molecule has 4 fully saturated rings. The maximum Gasteiger partial charge on any atom is 0.303 e. The highest BCUT2D eigenvalue weighted by atomic mass is 16.4. The summed E-state index contributed by atoms with van der Waals surface area (Å²) in [6.45, 7) is 9.49. The standard InChI is InChI=1S/C25H42O3/c1-16(5-10-22(26)27)19-8-9-20-18-7-6-17-15-23(2,28)13-14-24(17,3)21(18)11-12-25(19,20)4/h16-21,28H,5-15H2,1-4H3,(H,26,27)/t16-,17-,18+,19-,20+,21+,23-,24+,25-/m1/s1. The third kappa shape index (κ3) is 3.24. The van der Waals surface area contributed by atoms with Crippen molar-refractivity contribution in [2.75, 3.05) is 0 Å². The average molecular weight is 391 g/mol. The Balaban J connectivity index is 1.51. The second-order valence-electron chi connectivity index (χ2n) is 12.0. The SMILES string of the molecule is C[C@H](CCC(=O)O)[C@H]1CC[C@H]2[C@@H]3CC[C@@H]4C[C@](C)(O)CC[C@]4(C)[C@H]3CC[C@]12C. The number of carboxylic acid groups (broad SMARTS) is 1. The molecule has 2 N–H and O–H groups in total. The molecule has 160 valence electrons. The van der Waals surface area contributed by atoms with Gasteiger partial charge in [0.1, 0.15) is 0 Å². The van der Waals surface area contributed by atoms with E-state index in [1.54, 1.807) is 0 Å². The van der Waals surface area contributed by atoms with Gasteiger partial charge in [-0.2, -0.15) is 0 Å². The van der Waals surface area contributed by atoms with E-state index < -0.39 is 11.6 Å². The van der Waals surface area contributed by atoms with Crippen LogP contribution < -0.4 is 0 Å².